The van der Waals surface area contributed by atoms with Gasteiger partial charge in [0.2, 0.25) is 10.0 Å². The number of nitrogens with zero attached hydrogens (tertiary/aromatic N) is 1. The minimum Gasteiger partial charge on any atom is -0.388 e. The monoisotopic (exact) mass is 218 g/mol. The van der Waals surface area contributed by atoms with Crippen molar-refractivity contribution in [2.24, 2.45) is 5.73 Å². The number of aliphatic hydroxyl groups excluding tert-OH is 1. The lowest BCUT2D eigenvalue weighted by molar-refractivity contribution is 0.170. The Labute approximate surface area is 83.2 Å². The maximum absolute atomic E-state index is 11.1. The Morgan fingerprint density at radius 3 is 2.71 bits per heavy atom. The molecule has 0 amide bonds. The fourth-order valence-electron chi connectivity index (χ4n) is 1.12. The van der Waals surface area contributed by atoms with E-state index in [1.165, 1.54) is 12.4 Å². The molecule has 0 aliphatic carbocycles. The van der Waals surface area contributed by atoms with E-state index in [0.29, 0.717) is 18.5 Å². The van der Waals surface area contributed by atoms with Crippen LogP contribution in [0.1, 0.15) is 18.1 Å². The zero-order chi connectivity index (χ0) is 10.8. The first-order valence-electron chi connectivity index (χ1n) is 4.21. The summed E-state index contributed by atoms with van der Waals surface area (Å²) in [6, 6.07) is 1.57. The maximum Gasteiger partial charge on any atom is 0.235 e. The highest BCUT2D eigenvalue weighted by atomic mass is 32.2. The molecule has 1 aromatic heterocycles. The van der Waals surface area contributed by atoms with Crippen molar-refractivity contribution in [1.29, 1.82) is 0 Å². The van der Waals surface area contributed by atoms with Crippen LogP contribution in [-0.2, 0) is 10.0 Å². The van der Waals surface area contributed by atoms with Crippen LogP contribution in [0.25, 0.3) is 0 Å². The number of aromatic nitrogens is 1. The molecule has 1 atom stereocenters. The van der Waals surface area contributed by atoms with Crippen molar-refractivity contribution >= 4 is 10.0 Å². The molecule has 80 valence electrons. The first-order chi connectivity index (χ1) is 6.45. The average molecular weight is 218 g/mol. The molecule has 1 unspecified atom stereocenters. The van der Waals surface area contributed by atoms with Crippen LogP contribution in [0.5, 0.6) is 0 Å². The minimum absolute atomic E-state index is 0.366. The highest BCUT2D eigenvalue weighted by molar-refractivity contribution is 7.89. The van der Waals surface area contributed by atoms with Gasteiger partial charge in [-0.05, 0) is 24.6 Å². The third-order valence-corrected chi connectivity index (χ3v) is 2.89. The average Bonchev–Trinajstić information content (AvgIpc) is 2.51. The minimum atomic E-state index is -3.26. The summed E-state index contributed by atoms with van der Waals surface area (Å²) < 4.78 is 23.2. The zero-order valence-electron chi connectivity index (χ0n) is 7.92. The van der Waals surface area contributed by atoms with Gasteiger partial charge in [0.25, 0.3) is 0 Å². The van der Waals surface area contributed by atoms with Gasteiger partial charge in [-0.3, -0.25) is 3.97 Å². The molecule has 14 heavy (non-hydrogen) atoms. The molecule has 0 aliphatic heterocycles. The summed E-state index contributed by atoms with van der Waals surface area (Å²) in [5.74, 6) is 0. The molecule has 0 aliphatic rings. The third kappa shape index (κ3) is 2.57. The van der Waals surface area contributed by atoms with Gasteiger partial charge in [0.1, 0.15) is 0 Å². The van der Waals surface area contributed by atoms with E-state index >= 15 is 0 Å². The van der Waals surface area contributed by atoms with Crippen LogP contribution < -0.4 is 5.73 Å². The van der Waals surface area contributed by atoms with Crippen LogP contribution >= 0.6 is 0 Å². The van der Waals surface area contributed by atoms with Crippen molar-refractivity contribution in [1.82, 2.24) is 3.97 Å². The summed E-state index contributed by atoms with van der Waals surface area (Å²) in [4.78, 5) is 0. The van der Waals surface area contributed by atoms with E-state index in [1.807, 2.05) is 0 Å². The van der Waals surface area contributed by atoms with E-state index < -0.39 is 16.1 Å². The summed E-state index contributed by atoms with van der Waals surface area (Å²) in [5.41, 5.74) is 5.84. The Morgan fingerprint density at radius 2 is 2.29 bits per heavy atom. The summed E-state index contributed by atoms with van der Waals surface area (Å²) >= 11 is 0. The predicted molar refractivity (Wildman–Crippen MR) is 53.3 cm³/mol. The molecular formula is C8H14N2O3S. The molecule has 0 saturated carbocycles. The van der Waals surface area contributed by atoms with Crippen molar-refractivity contribution in [3.8, 4) is 0 Å². The second kappa shape index (κ2) is 4.12. The molecule has 0 fully saturated rings. The number of hydrogen-bond acceptors (Lipinski definition) is 4. The first-order valence-corrected chi connectivity index (χ1v) is 6.06. The Balaban J connectivity index is 2.88. The van der Waals surface area contributed by atoms with Crippen molar-refractivity contribution in [2.45, 2.75) is 12.5 Å². The van der Waals surface area contributed by atoms with E-state index in [0.717, 1.165) is 10.2 Å². The quantitative estimate of drug-likeness (QED) is 0.725. The Kier molecular flexibility index (Phi) is 3.30. The van der Waals surface area contributed by atoms with Crippen LogP contribution in [-0.4, -0.2) is 30.3 Å². The topological polar surface area (TPSA) is 85.3 Å². The van der Waals surface area contributed by atoms with Gasteiger partial charge in [-0.25, -0.2) is 8.42 Å². The molecule has 1 rings (SSSR count). The van der Waals surface area contributed by atoms with E-state index in [9.17, 15) is 13.5 Å². The molecule has 0 saturated heterocycles. The standard InChI is InChI=1S/C8H14N2O3S/c1-14(12,13)10-5-3-7(6-10)8(11)2-4-9/h3,5-6,8,11H,2,4,9H2,1H3. The van der Waals surface area contributed by atoms with Crippen LogP contribution in [0.15, 0.2) is 18.5 Å². The summed E-state index contributed by atoms with van der Waals surface area (Å²) in [6.07, 6.45) is 3.64. The van der Waals surface area contributed by atoms with E-state index in [4.69, 9.17) is 5.73 Å². The molecule has 0 bridgehead atoms. The molecular weight excluding hydrogens is 204 g/mol. The van der Waals surface area contributed by atoms with Gasteiger partial charge in [-0.15, -0.1) is 0 Å². The van der Waals surface area contributed by atoms with Crippen LogP contribution in [0.3, 0.4) is 0 Å². The lowest BCUT2D eigenvalue weighted by Gasteiger charge is -2.05. The van der Waals surface area contributed by atoms with Gasteiger partial charge in [0, 0.05) is 12.4 Å². The molecule has 0 aromatic carbocycles. The van der Waals surface area contributed by atoms with Gasteiger partial charge in [0.05, 0.1) is 12.4 Å². The normalized spacial score (nSPS) is 14.2. The Morgan fingerprint density at radius 1 is 1.64 bits per heavy atom. The van der Waals surface area contributed by atoms with Crippen LogP contribution in [0, 0.1) is 0 Å². The fourth-order valence-corrected chi connectivity index (χ4v) is 1.72. The predicted octanol–water partition coefficient (Wildman–Crippen LogP) is -0.322. The third-order valence-electron chi connectivity index (χ3n) is 1.90. The second-order valence-electron chi connectivity index (χ2n) is 3.13. The summed E-state index contributed by atoms with van der Waals surface area (Å²) in [7, 11) is -3.26. The summed E-state index contributed by atoms with van der Waals surface area (Å²) in [5, 5.41) is 9.51. The van der Waals surface area contributed by atoms with Crippen molar-refractivity contribution in [3.05, 3.63) is 24.0 Å². The van der Waals surface area contributed by atoms with Gasteiger partial charge in [-0.2, -0.15) is 0 Å². The van der Waals surface area contributed by atoms with Gasteiger partial charge in [-0.1, -0.05) is 0 Å². The lowest BCUT2D eigenvalue weighted by atomic mass is 10.1. The van der Waals surface area contributed by atoms with Crippen molar-refractivity contribution in [2.75, 3.05) is 12.8 Å². The van der Waals surface area contributed by atoms with Crippen LogP contribution in [0.2, 0.25) is 0 Å². The number of nitrogens with two attached hydrogens (primary N) is 1. The van der Waals surface area contributed by atoms with E-state index in [1.54, 1.807) is 6.07 Å². The largest absolute Gasteiger partial charge is 0.388 e. The van der Waals surface area contributed by atoms with Crippen LogP contribution in [0.4, 0.5) is 0 Å². The molecule has 0 spiro atoms. The second-order valence-corrected chi connectivity index (χ2v) is 5.02. The molecule has 3 N–H and O–H groups in total. The van der Waals surface area contributed by atoms with Crippen molar-refractivity contribution < 1.29 is 13.5 Å². The van der Waals surface area contributed by atoms with Gasteiger partial charge in [0.15, 0.2) is 0 Å². The number of hydrogen-bond donors (Lipinski definition) is 2. The molecule has 1 aromatic rings. The van der Waals surface area contributed by atoms with E-state index in [2.05, 4.69) is 0 Å². The fraction of sp³-hybridized carbons (Fsp3) is 0.500. The van der Waals surface area contributed by atoms with Gasteiger partial charge >= 0.3 is 0 Å². The first kappa shape index (κ1) is 11.2. The number of aliphatic hydroxyl groups is 1. The SMILES string of the molecule is CS(=O)(=O)n1ccc(C(O)CCN)c1. The number of rotatable bonds is 4. The molecule has 0 radical (unpaired) electrons. The molecule has 1 heterocycles. The smallest absolute Gasteiger partial charge is 0.235 e. The highest BCUT2D eigenvalue weighted by Gasteiger charge is 2.11. The highest BCUT2D eigenvalue weighted by Crippen LogP contribution is 2.16. The van der Waals surface area contributed by atoms with Crippen molar-refractivity contribution in [3.63, 3.8) is 0 Å². The maximum atomic E-state index is 11.1. The summed E-state index contributed by atoms with van der Waals surface area (Å²) in [6.45, 7) is 0.366. The van der Waals surface area contributed by atoms with E-state index in [-0.39, 0.29) is 0 Å². The Hall–Kier alpha value is -0.850. The molecule has 6 heteroatoms. The zero-order valence-corrected chi connectivity index (χ0v) is 8.74. The lowest BCUT2D eigenvalue weighted by Crippen LogP contribution is -2.08. The Bertz CT molecular complexity index is 396. The molecule has 5 nitrogen and oxygen atoms in total. The van der Waals surface area contributed by atoms with Gasteiger partial charge < -0.3 is 10.8 Å².